The van der Waals surface area contributed by atoms with Gasteiger partial charge in [-0.05, 0) is 38.3 Å². The number of esters is 1. The summed E-state index contributed by atoms with van der Waals surface area (Å²) >= 11 is 0. The van der Waals surface area contributed by atoms with Gasteiger partial charge in [0.15, 0.2) is 6.10 Å². The van der Waals surface area contributed by atoms with Crippen LogP contribution in [0.2, 0.25) is 0 Å². The highest BCUT2D eigenvalue weighted by Crippen LogP contribution is 2.20. The molecule has 0 unspecified atom stereocenters. The van der Waals surface area contributed by atoms with E-state index in [1.165, 1.54) is 6.92 Å². The molecule has 1 aliphatic carbocycles. The zero-order chi connectivity index (χ0) is 16.1. The monoisotopic (exact) mass is 309 g/mol. The molecule has 0 saturated heterocycles. The van der Waals surface area contributed by atoms with Gasteiger partial charge < -0.3 is 10.1 Å². The second-order valence-corrected chi connectivity index (χ2v) is 5.17. The minimum atomic E-state index is -1.05. The van der Waals surface area contributed by atoms with E-state index in [9.17, 15) is 18.4 Å². The van der Waals surface area contributed by atoms with Crippen LogP contribution in [0.25, 0.3) is 0 Å². The maximum atomic E-state index is 13.5. The average molecular weight is 309 g/mol. The summed E-state index contributed by atoms with van der Waals surface area (Å²) in [5.74, 6) is -2.97. The van der Waals surface area contributed by atoms with Crippen LogP contribution in [0.1, 0.15) is 26.2 Å². The molecule has 0 spiro atoms. The number of allylic oxidation sites excluding steroid dienone is 2. The quantitative estimate of drug-likeness (QED) is 0.686. The Bertz CT molecular complexity index is 601. The van der Waals surface area contributed by atoms with Crippen LogP contribution in [0.15, 0.2) is 30.4 Å². The Balaban J connectivity index is 1.91. The molecule has 0 radical (unpaired) electrons. The summed E-state index contributed by atoms with van der Waals surface area (Å²) in [6, 6.07) is 2.81. The topological polar surface area (TPSA) is 55.4 Å². The number of halogens is 2. The Labute approximate surface area is 127 Å². The molecule has 4 nitrogen and oxygen atoms in total. The standard InChI is InChI=1S/C16H17F2NO3/c1-10(22-16(21)11-5-3-2-4-6-11)15(20)19-14-8-7-12(17)9-13(14)18/h2-3,7-11H,4-6H2,1H3,(H,19,20)/t10-,11-/m0/s1. The van der Waals surface area contributed by atoms with E-state index in [0.717, 1.165) is 18.6 Å². The Morgan fingerprint density at radius 2 is 2.09 bits per heavy atom. The van der Waals surface area contributed by atoms with Crippen molar-refractivity contribution >= 4 is 17.6 Å². The molecule has 1 amide bonds. The van der Waals surface area contributed by atoms with Crippen LogP contribution in [-0.2, 0) is 14.3 Å². The van der Waals surface area contributed by atoms with Gasteiger partial charge in [0, 0.05) is 6.07 Å². The van der Waals surface area contributed by atoms with Crippen LogP contribution < -0.4 is 5.32 Å². The third kappa shape index (κ3) is 4.13. The third-order valence-electron chi connectivity index (χ3n) is 3.45. The van der Waals surface area contributed by atoms with E-state index >= 15 is 0 Å². The largest absolute Gasteiger partial charge is 0.452 e. The van der Waals surface area contributed by atoms with Gasteiger partial charge >= 0.3 is 5.97 Å². The number of benzene rings is 1. The maximum Gasteiger partial charge on any atom is 0.310 e. The van der Waals surface area contributed by atoms with Gasteiger partial charge in [0.25, 0.3) is 5.91 Å². The Hall–Kier alpha value is -2.24. The summed E-state index contributed by atoms with van der Waals surface area (Å²) in [4.78, 5) is 23.8. The normalized spacial score (nSPS) is 18.6. The predicted octanol–water partition coefficient (Wildman–Crippen LogP) is 3.19. The number of rotatable bonds is 4. The fourth-order valence-corrected chi connectivity index (χ4v) is 2.16. The molecule has 0 aromatic heterocycles. The van der Waals surface area contributed by atoms with Crippen molar-refractivity contribution in [3.8, 4) is 0 Å². The van der Waals surface area contributed by atoms with Gasteiger partial charge in [0.1, 0.15) is 11.6 Å². The number of carbonyl (C=O) groups is 2. The molecule has 0 heterocycles. The van der Waals surface area contributed by atoms with E-state index < -0.39 is 29.6 Å². The van der Waals surface area contributed by atoms with E-state index in [1.54, 1.807) is 0 Å². The number of carbonyl (C=O) groups excluding carboxylic acids is 2. The summed E-state index contributed by atoms with van der Waals surface area (Å²) in [6.07, 6.45) is 4.95. The summed E-state index contributed by atoms with van der Waals surface area (Å²) in [7, 11) is 0. The first-order valence-electron chi connectivity index (χ1n) is 7.09. The summed E-state index contributed by atoms with van der Waals surface area (Å²) in [5.41, 5.74) is -0.158. The SMILES string of the molecule is C[C@H](OC(=O)[C@H]1CC=CCC1)C(=O)Nc1ccc(F)cc1F. The summed E-state index contributed by atoms with van der Waals surface area (Å²) in [6.45, 7) is 1.41. The number of anilines is 1. The number of nitrogens with one attached hydrogen (secondary N) is 1. The summed E-state index contributed by atoms with van der Waals surface area (Å²) in [5, 5.41) is 2.27. The molecule has 0 aliphatic heterocycles. The lowest BCUT2D eigenvalue weighted by atomic mass is 9.95. The number of hydrogen-bond donors (Lipinski definition) is 1. The van der Waals surface area contributed by atoms with E-state index in [4.69, 9.17) is 4.74 Å². The molecule has 1 aromatic rings. The van der Waals surface area contributed by atoms with Gasteiger partial charge in [-0.15, -0.1) is 0 Å². The molecule has 1 aliphatic rings. The molecule has 2 atom stereocenters. The van der Waals surface area contributed by atoms with E-state index in [-0.39, 0.29) is 11.6 Å². The molecule has 1 aromatic carbocycles. The van der Waals surface area contributed by atoms with Gasteiger partial charge in [-0.1, -0.05) is 12.2 Å². The molecule has 0 bridgehead atoms. The lowest BCUT2D eigenvalue weighted by molar-refractivity contribution is -0.157. The minimum Gasteiger partial charge on any atom is -0.452 e. The number of hydrogen-bond acceptors (Lipinski definition) is 3. The van der Waals surface area contributed by atoms with E-state index in [1.807, 2.05) is 12.2 Å². The molecule has 0 saturated carbocycles. The highest BCUT2D eigenvalue weighted by molar-refractivity contribution is 5.95. The molecular weight excluding hydrogens is 292 g/mol. The minimum absolute atomic E-state index is 0.158. The van der Waals surface area contributed by atoms with Gasteiger partial charge in [0.05, 0.1) is 11.6 Å². The molecule has 22 heavy (non-hydrogen) atoms. The first-order valence-corrected chi connectivity index (χ1v) is 7.09. The van der Waals surface area contributed by atoms with Crippen LogP contribution in [0.4, 0.5) is 14.5 Å². The Morgan fingerprint density at radius 1 is 1.32 bits per heavy atom. The molecule has 1 N–H and O–H groups in total. The van der Waals surface area contributed by atoms with Crippen molar-refractivity contribution in [2.75, 3.05) is 5.32 Å². The van der Waals surface area contributed by atoms with Crippen LogP contribution in [0, 0.1) is 17.6 Å². The fraction of sp³-hybridized carbons (Fsp3) is 0.375. The van der Waals surface area contributed by atoms with E-state index in [0.29, 0.717) is 18.9 Å². The lowest BCUT2D eigenvalue weighted by Crippen LogP contribution is -2.32. The molecular formula is C16H17F2NO3. The van der Waals surface area contributed by atoms with Crippen molar-refractivity contribution in [1.29, 1.82) is 0 Å². The van der Waals surface area contributed by atoms with Gasteiger partial charge in [-0.3, -0.25) is 9.59 Å². The molecule has 2 rings (SSSR count). The van der Waals surface area contributed by atoms with Crippen LogP contribution >= 0.6 is 0 Å². The van der Waals surface area contributed by atoms with Crippen LogP contribution in [0.3, 0.4) is 0 Å². The van der Waals surface area contributed by atoms with Crippen molar-refractivity contribution < 1.29 is 23.1 Å². The van der Waals surface area contributed by atoms with Crippen molar-refractivity contribution in [2.45, 2.75) is 32.3 Å². The third-order valence-corrected chi connectivity index (χ3v) is 3.45. The Morgan fingerprint density at radius 3 is 2.73 bits per heavy atom. The molecule has 6 heteroatoms. The van der Waals surface area contributed by atoms with Crippen molar-refractivity contribution in [1.82, 2.24) is 0 Å². The van der Waals surface area contributed by atoms with Crippen molar-refractivity contribution in [3.63, 3.8) is 0 Å². The molecule has 0 fully saturated rings. The zero-order valence-corrected chi connectivity index (χ0v) is 12.1. The van der Waals surface area contributed by atoms with Crippen LogP contribution in [-0.4, -0.2) is 18.0 Å². The Kier molecular flexibility index (Phi) is 5.25. The van der Waals surface area contributed by atoms with Gasteiger partial charge in [-0.25, -0.2) is 8.78 Å². The average Bonchev–Trinajstić information content (AvgIpc) is 2.50. The number of amides is 1. The summed E-state index contributed by atoms with van der Waals surface area (Å²) < 4.78 is 31.4. The highest BCUT2D eigenvalue weighted by Gasteiger charge is 2.25. The first kappa shape index (κ1) is 16.1. The van der Waals surface area contributed by atoms with E-state index in [2.05, 4.69) is 5.32 Å². The zero-order valence-electron chi connectivity index (χ0n) is 12.1. The lowest BCUT2D eigenvalue weighted by Gasteiger charge is -2.19. The highest BCUT2D eigenvalue weighted by atomic mass is 19.1. The second-order valence-electron chi connectivity index (χ2n) is 5.17. The molecule has 118 valence electrons. The number of ether oxygens (including phenoxy) is 1. The fourth-order valence-electron chi connectivity index (χ4n) is 2.16. The maximum absolute atomic E-state index is 13.5. The van der Waals surface area contributed by atoms with Crippen molar-refractivity contribution in [3.05, 3.63) is 42.0 Å². The van der Waals surface area contributed by atoms with Crippen LogP contribution in [0.5, 0.6) is 0 Å². The second kappa shape index (κ2) is 7.15. The van der Waals surface area contributed by atoms with Gasteiger partial charge in [0.2, 0.25) is 0 Å². The predicted molar refractivity (Wildman–Crippen MR) is 77.0 cm³/mol. The first-order chi connectivity index (χ1) is 10.5. The van der Waals surface area contributed by atoms with Crippen molar-refractivity contribution in [2.24, 2.45) is 5.92 Å². The van der Waals surface area contributed by atoms with Gasteiger partial charge in [-0.2, -0.15) is 0 Å². The smallest absolute Gasteiger partial charge is 0.310 e.